The fraction of sp³-hybridized carbons (Fsp3) is 0.250. The SMILES string of the molecule is Cc1cc(C)cc(S(=O)(=O)c2c(C(=O)N[C@@H]3CCN(Cc4ccccc4F)C3)[nH]c3ccc(Cl)cc23)c1. The van der Waals surface area contributed by atoms with E-state index in [-0.39, 0.29) is 27.3 Å². The number of H-pyrrole nitrogens is 1. The summed E-state index contributed by atoms with van der Waals surface area (Å²) in [5.41, 5.74) is 2.70. The molecule has 3 aromatic carbocycles. The van der Waals surface area contributed by atoms with Crippen LogP contribution in [-0.4, -0.2) is 43.3 Å². The van der Waals surface area contributed by atoms with E-state index < -0.39 is 15.7 Å². The maximum atomic E-state index is 14.1. The molecule has 1 fully saturated rings. The van der Waals surface area contributed by atoms with E-state index >= 15 is 0 Å². The van der Waals surface area contributed by atoms with Crippen molar-refractivity contribution in [2.45, 2.75) is 42.6 Å². The van der Waals surface area contributed by atoms with Gasteiger partial charge in [-0.15, -0.1) is 0 Å². The number of hydrogen-bond acceptors (Lipinski definition) is 4. The molecule has 1 aliphatic heterocycles. The Hall–Kier alpha value is -3.20. The molecule has 9 heteroatoms. The van der Waals surface area contributed by atoms with Gasteiger partial charge in [0.15, 0.2) is 0 Å². The number of aromatic amines is 1. The van der Waals surface area contributed by atoms with Crippen molar-refractivity contribution < 1.29 is 17.6 Å². The first-order chi connectivity index (χ1) is 17.6. The molecule has 2 heterocycles. The summed E-state index contributed by atoms with van der Waals surface area (Å²) in [4.78, 5) is 18.6. The Balaban J connectivity index is 1.45. The minimum absolute atomic E-state index is 0.0241. The zero-order chi connectivity index (χ0) is 26.3. The van der Waals surface area contributed by atoms with Crippen LogP contribution >= 0.6 is 11.6 Å². The molecule has 2 N–H and O–H groups in total. The molecular formula is C28H27ClFN3O3S. The monoisotopic (exact) mass is 539 g/mol. The Morgan fingerprint density at radius 1 is 1.11 bits per heavy atom. The van der Waals surface area contributed by atoms with Gasteiger partial charge in [-0.3, -0.25) is 9.69 Å². The molecule has 0 spiro atoms. The Labute approximate surface area is 220 Å². The minimum Gasteiger partial charge on any atom is -0.349 e. The van der Waals surface area contributed by atoms with Crippen LogP contribution in [-0.2, 0) is 16.4 Å². The van der Waals surface area contributed by atoms with Crippen LogP contribution in [0.2, 0.25) is 5.02 Å². The number of rotatable bonds is 6. The van der Waals surface area contributed by atoms with E-state index in [0.717, 1.165) is 11.1 Å². The lowest BCUT2D eigenvalue weighted by Gasteiger charge is -2.17. The largest absolute Gasteiger partial charge is 0.349 e. The maximum absolute atomic E-state index is 14.1. The summed E-state index contributed by atoms with van der Waals surface area (Å²) in [5, 5.41) is 3.72. The Bertz CT molecular complexity index is 1600. The first-order valence-corrected chi connectivity index (χ1v) is 13.9. The molecular weight excluding hydrogens is 513 g/mol. The van der Waals surface area contributed by atoms with Crippen LogP contribution in [0.15, 0.2) is 70.5 Å². The zero-order valence-corrected chi connectivity index (χ0v) is 22.1. The van der Waals surface area contributed by atoms with Crippen LogP contribution in [0.1, 0.15) is 33.6 Å². The van der Waals surface area contributed by atoms with Gasteiger partial charge in [0.2, 0.25) is 9.84 Å². The van der Waals surface area contributed by atoms with E-state index in [2.05, 4.69) is 15.2 Å². The van der Waals surface area contributed by atoms with Gasteiger partial charge < -0.3 is 10.3 Å². The predicted octanol–water partition coefficient (Wildman–Crippen LogP) is 5.41. The van der Waals surface area contributed by atoms with Gasteiger partial charge in [-0.05, 0) is 67.8 Å². The number of carbonyl (C=O) groups is 1. The number of benzene rings is 3. The summed E-state index contributed by atoms with van der Waals surface area (Å²) in [7, 11) is -4.05. The van der Waals surface area contributed by atoms with Crippen molar-refractivity contribution in [2.24, 2.45) is 0 Å². The Kier molecular flexibility index (Phi) is 6.83. The molecule has 0 unspecified atom stereocenters. The smallest absolute Gasteiger partial charge is 0.269 e. The molecule has 1 atom stereocenters. The van der Waals surface area contributed by atoms with Crippen LogP contribution in [0.3, 0.4) is 0 Å². The van der Waals surface area contributed by atoms with Crippen molar-refractivity contribution in [3.63, 3.8) is 0 Å². The third kappa shape index (κ3) is 5.14. The lowest BCUT2D eigenvalue weighted by Crippen LogP contribution is -2.37. The quantitative estimate of drug-likeness (QED) is 0.343. The van der Waals surface area contributed by atoms with Gasteiger partial charge >= 0.3 is 0 Å². The van der Waals surface area contributed by atoms with Crippen LogP contribution < -0.4 is 5.32 Å². The van der Waals surface area contributed by atoms with Crippen LogP contribution in [0.4, 0.5) is 4.39 Å². The number of aryl methyl sites for hydroxylation is 2. The molecule has 0 aliphatic carbocycles. The molecule has 37 heavy (non-hydrogen) atoms. The Morgan fingerprint density at radius 2 is 1.84 bits per heavy atom. The van der Waals surface area contributed by atoms with Gasteiger partial charge in [-0.1, -0.05) is 35.9 Å². The second-order valence-corrected chi connectivity index (χ2v) is 12.0. The van der Waals surface area contributed by atoms with Gasteiger partial charge in [0.25, 0.3) is 5.91 Å². The van der Waals surface area contributed by atoms with Crippen LogP contribution in [0.25, 0.3) is 10.9 Å². The fourth-order valence-corrected chi connectivity index (χ4v) is 6.96. The average Bonchev–Trinajstić information content (AvgIpc) is 3.44. The number of halogens is 2. The highest BCUT2D eigenvalue weighted by molar-refractivity contribution is 7.91. The fourth-order valence-electron chi connectivity index (χ4n) is 5.00. The number of fused-ring (bicyclic) bond motifs is 1. The molecule has 6 nitrogen and oxygen atoms in total. The van der Waals surface area contributed by atoms with Gasteiger partial charge in [-0.2, -0.15) is 0 Å². The molecule has 1 saturated heterocycles. The third-order valence-corrected chi connectivity index (χ3v) is 8.73. The number of carbonyl (C=O) groups excluding carboxylic acids is 1. The molecule has 4 aromatic rings. The van der Waals surface area contributed by atoms with Gasteiger partial charge in [-0.25, -0.2) is 12.8 Å². The summed E-state index contributed by atoms with van der Waals surface area (Å²) < 4.78 is 41.9. The van der Waals surface area contributed by atoms with Gasteiger partial charge in [0.05, 0.1) is 4.90 Å². The van der Waals surface area contributed by atoms with E-state index in [4.69, 9.17) is 11.6 Å². The highest BCUT2D eigenvalue weighted by Crippen LogP contribution is 2.34. The third-order valence-electron chi connectivity index (χ3n) is 6.67. The Morgan fingerprint density at radius 3 is 2.57 bits per heavy atom. The second-order valence-electron chi connectivity index (χ2n) is 9.63. The summed E-state index contributed by atoms with van der Waals surface area (Å²) in [6.45, 7) is 5.33. The summed E-state index contributed by atoms with van der Waals surface area (Å²) in [5.74, 6) is -0.763. The number of hydrogen-bond donors (Lipinski definition) is 2. The van der Waals surface area contributed by atoms with Gasteiger partial charge in [0, 0.05) is 47.2 Å². The van der Waals surface area contributed by atoms with Crippen LogP contribution in [0.5, 0.6) is 0 Å². The summed E-state index contributed by atoms with van der Waals surface area (Å²) in [6, 6.07) is 16.4. The van der Waals surface area contributed by atoms with Crippen LogP contribution in [0, 0.1) is 19.7 Å². The lowest BCUT2D eigenvalue weighted by atomic mass is 10.2. The van der Waals surface area contributed by atoms with E-state index in [1.54, 1.807) is 48.5 Å². The van der Waals surface area contributed by atoms with Crippen molar-refractivity contribution in [3.05, 3.63) is 93.9 Å². The number of aromatic nitrogens is 1. The van der Waals surface area contributed by atoms with E-state index in [9.17, 15) is 17.6 Å². The maximum Gasteiger partial charge on any atom is 0.269 e. The highest BCUT2D eigenvalue weighted by atomic mass is 35.5. The average molecular weight is 540 g/mol. The molecule has 5 rings (SSSR count). The molecule has 0 bridgehead atoms. The first-order valence-electron chi connectivity index (χ1n) is 12.0. The molecule has 1 aromatic heterocycles. The first kappa shape index (κ1) is 25.4. The van der Waals surface area contributed by atoms with Gasteiger partial charge in [0.1, 0.15) is 16.4 Å². The molecule has 0 radical (unpaired) electrons. The second kappa shape index (κ2) is 9.93. The number of amides is 1. The summed E-state index contributed by atoms with van der Waals surface area (Å²) in [6.07, 6.45) is 0.672. The zero-order valence-electron chi connectivity index (χ0n) is 20.5. The van der Waals surface area contributed by atoms with E-state index in [1.165, 1.54) is 6.07 Å². The van der Waals surface area contributed by atoms with Crippen molar-refractivity contribution in [1.29, 1.82) is 0 Å². The topological polar surface area (TPSA) is 82.3 Å². The number of nitrogens with zero attached hydrogens (tertiary/aromatic N) is 1. The molecule has 1 amide bonds. The van der Waals surface area contributed by atoms with E-state index in [0.29, 0.717) is 47.5 Å². The van der Waals surface area contributed by atoms with E-state index in [1.807, 2.05) is 19.9 Å². The molecule has 0 saturated carbocycles. The predicted molar refractivity (Wildman–Crippen MR) is 142 cm³/mol. The highest BCUT2D eigenvalue weighted by Gasteiger charge is 2.32. The lowest BCUT2D eigenvalue weighted by molar-refractivity contribution is 0.0930. The van der Waals surface area contributed by atoms with Crippen molar-refractivity contribution in [1.82, 2.24) is 15.2 Å². The minimum atomic E-state index is -4.05. The number of nitrogens with one attached hydrogen (secondary N) is 2. The number of likely N-dealkylation sites (tertiary alicyclic amines) is 1. The van der Waals surface area contributed by atoms with Crippen molar-refractivity contribution >= 4 is 38.2 Å². The van der Waals surface area contributed by atoms with Crippen molar-refractivity contribution in [2.75, 3.05) is 13.1 Å². The summed E-state index contributed by atoms with van der Waals surface area (Å²) >= 11 is 6.22. The van der Waals surface area contributed by atoms with Crippen molar-refractivity contribution in [3.8, 4) is 0 Å². The standard InChI is InChI=1S/C28H27ClFN3O3S/c1-17-11-18(2)13-22(12-17)37(35,36)27-23-14-20(29)7-8-25(23)32-26(27)28(34)31-21-9-10-33(16-21)15-19-5-3-4-6-24(19)30/h3-8,11-14,21,32H,9-10,15-16H2,1-2H3,(H,31,34)/t21-/m1/s1. The number of sulfone groups is 1. The normalized spacial score (nSPS) is 16.4. The molecule has 1 aliphatic rings. The molecule has 192 valence electrons.